The van der Waals surface area contributed by atoms with E-state index < -0.39 is 0 Å². The zero-order valence-corrected chi connectivity index (χ0v) is 14.2. The average Bonchev–Trinajstić information content (AvgIpc) is 3.12. The van der Waals surface area contributed by atoms with Gasteiger partial charge < -0.3 is 9.26 Å². The van der Waals surface area contributed by atoms with E-state index in [1.54, 1.807) is 18.6 Å². The lowest BCUT2D eigenvalue weighted by Crippen LogP contribution is -2.33. The van der Waals surface area contributed by atoms with Gasteiger partial charge in [0.25, 0.3) is 5.89 Å². The normalized spacial score (nSPS) is 19.7. The van der Waals surface area contributed by atoms with Crippen LogP contribution >= 0.6 is 0 Å². The predicted molar refractivity (Wildman–Crippen MR) is 90.6 cm³/mol. The maximum atomic E-state index is 5.75. The first kappa shape index (κ1) is 15.8. The molecule has 7 nitrogen and oxygen atoms in total. The Labute approximate surface area is 145 Å². The molecular weight excluding hydrogens is 318 g/mol. The van der Waals surface area contributed by atoms with Crippen LogP contribution in [0.4, 0.5) is 0 Å². The second kappa shape index (κ2) is 6.33. The van der Waals surface area contributed by atoms with E-state index in [0.717, 1.165) is 24.4 Å². The fraction of sp³-hybridized carbons (Fsp3) is 0.389. The van der Waals surface area contributed by atoms with Gasteiger partial charge in [-0.25, -0.2) is 9.97 Å². The van der Waals surface area contributed by atoms with Crippen molar-refractivity contribution in [2.24, 2.45) is 0 Å². The summed E-state index contributed by atoms with van der Waals surface area (Å²) in [7, 11) is 0. The summed E-state index contributed by atoms with van der Waals surface area (Å²) < 4.78 is 11.2. The first-order valence-corrected chi connectivity index (χ1v) is 8.32. The van der Waals surface area contributed by atoms with Crippen molar-refractivity contribution < 1.29 is 9.26 Å². The Kier molecular flexibility index (Phi) is 4.01. The fourth-order valence-corrected chi connectivity index (χ4v) is 3.04. The smallest absolute Gasteiger partial charge is 0.261 e. The molecule has 1 aliphatic rings. The Balaban J connectivity index is 1.54. The molecule has 0 saturated carbocycles. The Bertz CT molecular complexity index is 845. The Morgan fingerprint density at radius 2 is 1.96 bits per heavy atom. The largest absolute Gasteiger partial charge is 0.376 e. The van der Waals surface area contributed by atoms with Crippen molar-refractivity contribution in [2.75, 3.05) is 6.61 Å². The molecule has 1 atom stereocenters. The number of ether oxygens (including phenoxy) is 1. The predicted octanol–water partition coefficient (Wildman–Crippen LogP) is 3.26. The van der Waals surface area contributed by atoms with Crippen LogP contribution in [-0.4, -0.2) is 37.3 Å². The molecule has 128 valence electrons. The zero-order chi connectivity index (χ0) is 17.3. The van der Waals surface area contributed by atoms with Gasteiger partial charge in [0.1, 0.15) is 5.69 Å². The van der Waals surface area contributed by atoms with Crippen molar-refractivity contribution in [3.8, 4) is 23.0 Å². The summed E-state index contributed by atoms with van der Waals surface area (Å²) >= 11 is 0. The summed E-state index contributed by atoms with van der Waals surface area (Å²) in [6.07, 6.45) is 6.86. The van der Waals surface area contributed by atoms with Crippen molar-refractivity contribution >= 4 is 0 Å². The molecular formula is C18H19N5O2. The molecule has 7 heteroatoms. The van der Waals surface area contributed by atoms with Gasteiger partial charge in [0, 0.05) is 31.1 Å². The number of aromatic nitrogens is 5. The van der Waals surface area contributed by atoms with Crippen LogP contribution < -0.4 is 0 Å². The number of hydrogen-bond acceptors (Lipinski definition) is 7. The second-order valence-electron chi connectivity index (χ2n) is 6.77. The SMILES string of the molecule is CC1(C)CC(c2noc(-c3cnc(-c4ccccn4)nc3)n2)CCO1. The average molecular weight is 337 g/mol. The van der Waals surface area contributed by atoms with Crippen LogP contribution in [-0.2, 0) is 4.74 Å². The van der Waals surface area contributed by atoms with Crippen LogP contribution in [0.25, 0.3) is 23.0 Å². The zero-order valence-electron chi connectivity index (χ0n) is 14.2. The van der Waals surface area contributed by atoms with Gasteiger partial charge in [0.15, 0.2) is 11.6 Å². The van der Waals surface area contributed by atoms with Crippen LogP contribution in [0.2, 0.25) is 0 Å². The molecule has 3 aromatic rings. The third-order valence-corrected chi connectivity index (χ3v) is 4.30. The molecule has 4 heterocycles. The van der Waals surface area contributed by atoms with Crippen molar-refractivity contribution in [1.82, 2.24) is 25.1 Å². The van der Waals surface area contributed by atoms with E-state index in [9.17, 15) is 0 Å². The summed E-state index contributed by atoms with van der Waals surface area (Å²) in [6, 6.07) is 5.63. The lowest BCUT2D eigenvalue weighted by molar-refractivity contribution is -0.0604. The van der Waals surface area contributed by atoms with E-state index in [2.05, 4.69) is 38.9 Å². The molecule has 1 unspecified atom stereocenters. The molecule has 0 N–H and O–H groups in total. The molecule has 0 spiro atoms. The van der Waals surface area contributed by atoms with Gasteiger partial charge >= 0.3 is 0 Å². The topological polar surface area (TPSA) is 86.8 Å². The minimum absolute atomic E-state index is 0.156. The van der Waals surface area contributed by atoms with E-state index in [4.69, 9.17) is 9.26 Å². The number of hydrogen-bond donors (Lipinski definition) is 0. The lowest BCUT2D eigenvalue weighted by atomic mass is 9.88. The summed E-state index contributed by atoms with van der Waals surface area (Å²) in [5, 5.41) is 4.15. The summed E-state index contributed by atoms with van der Waals surface area (Å²) in [6.45, 7) is 4.89. The number of pyridine rings is 1. The summed E-state index contributed by atoms with van der Waals surface area (Å²) in [4.78, 5) is 17.5. The molecule has 1 aliphatic heterocycles. The van der Waals surface area contributed by atoms with Crippen molar-refractivity contribution in [2.45, 2.75) is 38.2 Å². The maximum absolute atomic E-state index is 5.75. The monoisotopic (exact) mass is 337 g/mol. The third kappa shape index (κ3) is 3.41. The second-order valence-corrected chi connectivity index (χ2v) is 6.77. The van der Waals surface area contributed by atoms with Gasteiger partial charge in [0.2, 0.25) is 0 Å². The quantitative estimate of drug-likeness (QED) is 0.725. The van der Waals surface area contributed by atoms with Crippen LogP contribution in [0.1, 0.15) is 38.4 Å². The maximum Gasteiger partial charge on any atom is 0.261 e. The van der Waals surface area contributed by atoms with Gasteiger partial charge in [-0.05, 0) is 38.8 Å². The molecule has 25 heavy (non-hydrogen) atoms. The van der Waals surface area contributed by atoms with E-state index >= 15 is 0 Å². The van der Waals surface area contributed by atoms with E-state index in [1.807, 2.05) is 18.2 Å². The van der Waals surface area contributed by atoms with Gasteiger partial charge in [-0.1, -0.05) is 11.2 Å². The third-order valence-electron chi connectivity index (χ3n) is 4.30. The highest BCUT2D eigenvalue weighted by Crippen LogP contribution is 2.34. The first-order chi connectivity index (χ1) is 12.1. The molecule has 0 amide bonds. The van der Waals surface area contributed by atoms with E-state index in [1.165, 1.54) is 0 Å². The molecule has 1 saturated heterocycles. The molecule has 1 fully saturated rings. The van der Waals surface area contributed by atoms with Gasteiger partial charge in [0.05, 0.1) is 11.2 Å². The first-order valence-electron chi connectivity index (χ1n) is 8.32. The van der Waals surface area contributed by atoms with Gasteiger partial charge in [-0.2, -0.15) is 4.98 Å². The van der Waals surface area contributed by atoms with Crippen molar-refractivity contribution in [1.29, 1.82) is 0 Å². The van der Waals surface area contributed by atoms with E-state index in [-0.39, 0.29) is 11.5 Å². The molecule has 0 aromatic carbocycles. The highest BCUT2D eigenvalue weighted by atomic mass is 16.5. The van der Waals surface area contributed by atoms with E-state index in [0.29, 0.717) is 23.9 Å². The Hall–Kier alpha value is -2.67. The van der Waals surface area contributed by atoms with Gasteiger partial charge in [-0.15, -0.1) is 0 Å². The highest BCUT2D eigenvalue weighted by Gasteiger charge is 2.32. The van der Waals surface area contributed by atoms with Gasteiger partial charge in [-0.3, -0.25) is 4.98 Å². The molecule has 4 rings (SSSR count). The number of nitrogens with zero attached hydrogens (tertiary/aromatic N) is 5. The summed E-state index contributed by atoms with van der Waals surface area (Å²) in [5.41, 5.74) is 1.27. The molecule has 0 bridgehead atoms. The van der Waals surface area contributed by atoms with Crippen molar-refractivity contribution in [3.05, 3.63) is 42.6 Å². The van der Waals surface area contributed by atoms with Crippen LogP contribution in [0.3, 0.4) is 0 Å². The minimum atomic E-state index is -0.156. The summed E-state index contributed by atoms with van der Waals surface area (Å²) in [5.74, 6) is 1.97. The molecule has 0 aliphatic carbocycles. The lowest BCUT2D eigenvalue weighted by Gasteiger charge is -2.34. The minimum Gasteiger partial charge on any atom is -0.376 e. The standard InChI is InChI=1S/C18H19N5O2/c1-18(2)9-12(6-8-24-18)15-22-17(25-23-15)13-10-20-16(21-11-13)14-5-3-4-7-19-14/h3-5,7,10-12H,6,8-9H2,1-2H3. The van der Waals surface area contributed by atoms with Crippen LogP contribution in [0.5, 0.6) is 0 Å². The Morgan fingerprint density at radius 1 is 1.12 bits per heavy atom. The highest BCUT2D eigenvalue weighted by molar-refractivity contribution is 5.54. The van der Waals surface area contributed by atoms with Crippen LogP contribution in [0, 0.1) is 0 Å². The van der Waals surface area contributed by atoms with Crippen molar-refractivity contribution in [3.63, 3.8) is 0 Å². The molecule has 3 aromatic heterocycles. The Morgan fingerprint density at radius 3 is 2.68 bits per heavy atom. The molecule has 0 radical (unpaired) electrons. The van der Waals surface area contributed by atoms with Crippen LogP contribution in [0.15, 0.2) is 41.3 Å². The number of rotatable bonds is 3. The fourth-order valence-electron chi connectivity index (χ4n) is 3.04.